The predicted octanol–water partition coefficient (Wildman–Crippen LogP) is 3.32. The Morgan fingerprint density at radius 2 is 2.00 bits per heavy atom. The number of hydrogen-bond acceptors (Lipinski definition) is 4. The summed E-state index contributed by atoms with van der Waals surface area (Å²) in [5.74, 6) is -0.850. The van der Waals surface area contributed by atoms with Crippen LogP contribution in [0.5, 0.6) is 0 Å². The lowest BCUT2D eigenvalue weighted by Crippen LogP contribution is -2.35. The van der Waals surface area contributed by atoms with Gasteiger partial charge in [0.05, 0.1) is 0 Å². The molecule has 120 valence electrons. The van der Waals surface area contributed by atoms with E-state index < -0.39 is 12.1 Å². The number of carbonyl (C=O) groups is 2. The summed E-state index contributed by atoms with van der Waals surface area (Å²) in [7, 11) is 0. The molecule has 2 rings (SSSR count). The molecule has 0 unspecified atom stereocenters. The Labute approximate surface area is 139 Å². The maximum atomic E-state index is 11.9. The van der Waals surface area contributed by atoms with Crippen LogP contribution in [-0.2, 0) is 20.9 Å². The van der Waals surface area contributed by atoms with Crippen LogP contribution in [0.15, 0.2) is 47.2 Å². The fraction of sp³-hybridized carbons (Fsp3) is 0.222. The molecule has 2 aromatic rings. The van der Waals surface area contributed by atoms with Gasteiger partial charge < -0.3 is 10.1 Å². The lowest BCUT2D eigenvalue weighted by molar-refractivity contribution is -0.150. The molecule has 1 heterocycles. The number of hydrogen-bond donors (Lipinski definition) is 1. The number of thiophene rings is 1. The number of aryl methyl sites for hydroxylation is 1. The molecule has 0 saturated carbocycles. The Morgan fingerprint density at radius 1 is 1.26 bits per heavy atom. The summed E-state index contributed by atoms with van der Waals surface area (Å²) in [6, 6.07) is 9.78. The Bertz CT molecular complexity index is 675. The molecule has 1 atom stereocenters. The lowest BCUT2D eigenvalue weighted by atomic mass is 10.1. The zero-order valence-corrected chi connectivity index (χ0v) is 13.9. The number of esters is 1. The van der Waals surface area contributed by atoms with Crippen LogP contribution < -0.4 is 5.32 Å². The minimum atomic E-state index is -0.833. The summed E-state index contributed by atoms with van der Waals surface area (Å²) < 4.78 is 5.08. The van der Waals surface area contributed by atoms with Gasteiger partial charge in [0.15, 0.2) is 6.10 Å². The van der Waals surface area contributed by atoms with Gasteiger partial charge in [-0.1, -0.05) is 29.8 Å². The predicted molar refractivity (Wildman–Crippen MR) is 91.9 cm³/mol. The second-order valence-corrected chi connectivity index (χ2v) is 5.95. The molecule has 23 heavy (non-hydrogen) atoms. The Balaban J connectivity index is 1.77. The summed E-state index contributed by atoms with van der Waals surface area (Å²) in [6.07, 6.45) is 2.15. The third-order valence-corrected chi connectivity index (χ3v) is 3.91. The molecule has 0 aliphatic heterocycles. The second kappa shape index (κ2) is 8.29. The molecule has 4 nitrogen and oxygen atoms in total. The average molecular weight is 329 g/mol. The molecule has 1 N–H and O–H groups in total. The van der Waals surface area contributed by atoms with Gasteiger partial charge >= 0.3 is 5.97 Å². The molecule has 0 spiro atoms. The van der Waals surface area contributed by atoms with Crippen LogP contribution in [0.25, 0.3) is 6.08 Å². The van der Waals surface area contributed by atoms with Crippen LogP contribution in [0, 0.1) is 6.92 Å². The first kappa shape index (κ1) is 17.0. The standard InChI is InChI=1S/C18H19NO3S/c1-13-3-5-15(6-4-13)11-19-18(21)14(2)22-17(20)8-7-16-9-10-23-12-16/h3-10,12,14H,11H2,1-2H3,(H,19,21)/b8-7+/t14-/m0/s1. The zero-order chi connectivity index (χ0) is 16.7. The van der Waals surface area contributed by atoms with Gasteiger partial charge in [0, 0.05) is 12.6 Å². The van der Waals surface area contributed by atoms with Gasteiger partial charge in [-0.15, -0.1) is 0 Å². The smallest absolute Gasteiger partial charge is 0.331 e. The Morgan fingerprint density at radius 3 is 2.65 bits per heavy atom. The molecule has 1 aromatic carbocycles. The zero-order valence-electron chi connectivity index (χ0n) is 13.1. The summed E-state index contributed by atoms with van der Waals surface area (Å²) >= 11 is 1.55. The molecule has 0 fully saturated rings. The van der Waals surface area contributed by atoms with E-state index in [0.717, 1.165) is 11.1 Å². The van der Waals surface area contributed by atoms with E-state index in [-0.39, 0.29) is 5.91 Å². The topological polar surface area (TPSA) is 55.4 Å². The van der Waals surface area contributed by atoms with Gasteiger partial charge in [-0.25, -0.2) is 4.79 Å². The third kappa shape index (κ3) is 5.71. The molecule has 5 heteroatoms. The van der Waals surface area contributed by atoms with Crippen LogP contribution in [0.2, 0.25) is 0 Å². The minimum absolute atomic E-state index is 0.317. The highest BCUT2D eigenvalue weighted by atomic mass is 32.1. The molecule has 0 bridgehead atoms. The number of ether oxygens (including phenoxy) is 1. The van der Waals surface area contributed by atoms with Crippen LogP contribution >= 0.6 is 11.3 Å². The van der Waals surface area contributed by atoms with E-state index in [2.05, 4.69) is 5.32 Å². The average Bonchev–Trinajstić information content (AvgIpc) is 3.05. The fourth-order valence-electron chi connectivity index (χ4n) is 1.84. The van der Waals surface area contributed by atoms with E-state index >= 15 is 0 Å². The van der Waals surface area contributed by atoms with Crippen LogP contribution in [0.3, 0.4) is 0 Å². The summed E-state index contributed by atoms with van der Waals surface area (Å²) in [5.41, 5.74) is 3.10. The van der Waals surface area contributed by atoms with Crippen molar-refractivity contribution in [1.29, 1.82) is 0 Å². The molecular formula is C18H19NO3S. The van der Waals surface area contributed by atoms with Crippen LogP contribution in [0.4, 0.5) is 0 Å². The summed E-state index contributed by atoms with van der Waals surface area (Å²) in [5, 5.41) is 6.60. The second-order valence-electron chi connectivity index (χ2n) is 5.17. The maximum absolute atomic E-state index is 11.9. The van der Waals surface area contributed by atoms with Crippen LogP contribution in [0.1, 0.15) is 23.6 Å². The SMILES string of the molecule is Cc1ccc(CNC(=O)[C@H](C)OC(=O)/C=C/c2ccsc2)cc1. The quantitative estimate of drug-likeness (QED) is 0.653. The molecule has 1 aromatic heterocycles. The maximum Gasteiger partial charge on any atom is 0.331 e. The third-order valence-electron chi connectivity index (χ3n) is 3.20. The van der Waals surface area contributed by atoms with E-state index in [1.807, 2.05) is 48.0 Å². The van der Waals surface area contributed by atoms with Crippen molar-refractivity contribution in [2.24, 2.45) is 0 Å². The largest absolute Gasteiger partial charge is 0.449 e. The number of nitrogens with one attached hydrogen (secondary N) is 1. The van der Waals surface area contributed by atoms with Crippen molar-refractivity contribution >= 4 is 29.3 Å². The fourth-order valence-corrected chi connectivity index (χ4v) is 2.47. The first-order valence-corrected chi connectivity index (χ1v) is 8.23. The van der Waals surface area contributed by atoms with Crippen LogP contribution in [-0.4, -0.2) is 18.0 Å². The van der Waals surface area contributed by atoms with Gasteiger partial charge in [-0.05, 0) is 47.9 Å². The highest BCUT2D eigenvalue weighted by Crippen LogP contribution is 2.08. The first-order valence-electron chi connectivity index (χ1n) is 7.29. The highest BCUT2D eigenvalue weighted by Gasteiger charge is 2.15. The van der Waals surface area contributed by atoms with Crippen molar-refractivity contribution in [2.75, 3.05) is 0 Å². The molecular weight excluding hydrogens is 310 g/mol. The number of carbonyl (C=O) groups excluding carboxylic acids is 2. The molecule has 0 radical (unpaired) electrons. The van der Waals surface area contributed by atoms with E-state index in [9.17, 15) is 9.59 Å². The van der Waals surface area contributed by atoms with E-state index in [0.29, 0.717) is 6.54 Å². The summed E-state index contributed by atoms with van der Waals surface area (Å²) in [4.78, 5) is 23.6. The molecule has 0 aliphatic rings. The first-order chi connectivity index (χ1) is 11.0. The van der Waals surface area contributed by atoms with Gasteiger partial charge in [0.1, 0.15) is 0 Å². The normalized spacial score (nSPS) is 12.1. The minimum Gasteiger partial charge on any atom is -0.449 e. The number of rotatable bonds is 6. The van der Waals surface area contributed by atoms with Crippen molar-refractivity contribution in [3.05, 3.63) is 63.9 Å². The molecule has 0 saturated heterocycles. The number of amides is 1. The van der Waals surface area contributed by atoms with Crippen molar-refractivity contribution in [3.8, 4) is 0 Å². The van der Waals surface area contributed by atoms with Gasteiger partial charge in [0.25, 0.3) is 5.91 Å². The molecule has 1 amide bonds. The van der Waals surface area contributed by atoms with Crippen molar-refractivity contribution < 1.29 is 14.3 Å². The van der Waals surface area contributed by atoms with Crippen molar-refractivity contribution in [3.63, 3.8) is 0 Å². The summed E-state index contributed by atoms with van der Waals surface area (Å²) in [6.45, 7) is 3.97. The number of benzene rings is 1. The monoisotopic (exact) mass is 329 g/mol. The van der Waals surface area contributed by atoms with E-state index in [4.69, 9.17) is 4.74 Å². The van der Waals surface area contributed by atoms with Gasteiger partial charge in [-0.2, -0.15) is 11.3 Å². The Kier molecular flexibility index (Phi) is 6.11. The van der Waals surface area contributed by atoms with E-state index in [1.165, 1.54) is 11.6 Å². The van der Waals surface area contributed by atoms with Gasteiger partial charge in [-0.3, -0.25) is 4.79 Å². The lowest BCUT2D eigenvalue weighted by Gasteiger charge is -2.12. The van der Waals surface area contributed by atoms with Crippen molar-refractivity contribution in [1.82, 2.24) is 5.32 Å². The van der Waals surface area contributed by atoms with Gasteiger partial charge in [0.2, 0.25) is 0 Å². The Hall–Kier alpha value is -2.40. The highest BCUT2D eigenvalue weighted by molar-refractivity contribution is 7.08. The van der Waals surface area contributed by atoms with E-state index in [1.54, 1.807) is 24.3 Å². The van der Waals surface area contributed by atoms with Crippen molar-refractivity contribution in [2.45, 2.75) is 26.5 Å². The molecule has 0 aliphatic carbocycles.